The summed E-state index contributed by atoms with van der Waals surface area (Å²) in [6.07, 6.45) is 1.23. The second-order valence-corrected chi connectivity index (χ2v) is 4.90. The number of nitrogens with zero attached hydrogens (tertiary/aromatic N) is 3. The normalized spacial score (nSPS) is 10.6. The maximum Gasteiger partial charge on any atom is 0.349 e. The van der Waals surface area contributed by atoms with Crippen LogP contribution in [0, 0.1) is 10.1 Å². The molecule has 0 saturated carbocycles. The maximum absolute atomic E-state index is 11.1. The van der Waals surface area contributed by atoms with E-state index in [9.17, 15) is 10.1 Å². The van der Waals surface area contributed by atoms with E-state index >= 15 is 0 Å². The number of para-hydroxylation sites is 1. The number of nitrogens with one attached hydrogen (secondary N) is 1. The molecule has 104 valence electrons. The number of hydrogen-bond acceptors (Lipinski definition) is 4. The molecule has 7 heteroatoms. The van der Waals surface area contributed by atoms with Crippen molar-refractivity contribution in [1.82, 2.24) is 9.55 Å². The summed E-state index contributed by atoms with van der Waals surface area (Å²) < 4.78 is 1.37. The molecule has 1 N–H and O–H groups in total. The molecule has 0 fully saturated rings. The van der Waals surface area contributed by atoms with Crippen LogP contribution in [0.3, 0.4) is 0 Å². The SMILES string of the molecule is CC(C)c1ncc([N+](=O)[O-])n1C(=S)Nc1ccccc1. The largest absolute Gasteiger partial charge is 0.358 e. The van der Waals surface area contributed by atoms with E-state index in [2.05, 4.69) is 10.3 Å². The molecule has 0 spiro atoms. The summed E-state index contributed by atoms with van der Waals surface area (Å²) in [5, 5.41) is 14.3. The van der Waals surface area contributed by atoms with Crippen LogP contribution in [-0.2, 0) is 0 Å². The van der Waals surface area contributed by atoms with Gasteiger partial charge in [-0.1, -0.05) is 32.0 Å². The van der Waals surface area contributed by atoms with E-state index in [0.717, 1.165) is 5.69 Å². The van der Waals surface area contributed by atoms with Crippen molar-refractivity contribution in [1.29, 1.82) is 0 Å². The first kappa shape index (κ1) is 14.1. The van der Waals surface area contributed by atoms with Crippen LogP contribution in [0.15, 0.2) is 36.5 Å². The number of benzene rings is 1. The Morgan fingerprint density at radius 1 is 1.40 bits per heavy atom. The van der Waals surface area contributed by atoms with Gasteiger partial charge in [0, 0.05) is 11.6 Å². The fourth-order valence-electron chi connectivity index (χ4n) is 1.80. The molecular formula is C13H14N4O2S. The van der Waals surface area contributed by atoms with E-state index in [4.69, 9.17) is 12.2 Å². The van der Waals surface area contributed by atoms with Crippen LogP contribution in [0.4, 0.5) is 11.5 Å². The highest BCUT2D eigenvalue weighted by atomic mass is 32.1. The third-order valence-electron chi connectivity index (χ3n) is 2.70. The third-order valence-corrected chi connectivity index (χ3v) is 2.99. The standard InChI is InChI=1S/C13H14N4O2S/c1-9(2)12-14-8-11(17(18)19)16(12)13(20)15-10-6-4-3-5-7-10/h3-9H,1-2H3,(H,15,20). The van der Waals surface area contributed by atoms with Crippen molar-refractivity contribution in [3.05, 3.63) is 52.5 Å². The van der Waals surface area contributed by atoms with Gasteiger partial charge in [-0.15, -0.1) is 4.57 Å². The van der Waals surface area contributed by atoms with Gasteiger partial charge in [-0.2, -0.15) is 0 Å². The molecular weight excluding hydrogens is 276 g/mol. The van der Waals surface area contributed by atoms with E-state index in [0.29, 0.717) is 5.82 Å². The van der Waals surface area contributed by atoms with Gasteiger partial charge in [-0.25, -0.2) is 4.98 Å². The minimum Gasteiger partial charge on any atom is -0.358 e. The summed E-state index contributed by atoms with van der Waals surface area (Å²) in [7, 11) is 0. The summed E-state index contributed by atoms with van der Waals surface area (Å²) in [5.41, 5.74) is 0.773. The summed E-state index contributed by atoms with van der Waals surface area (Å²) in [5.74, 6) is 0.450. The topological polar surface area (TPSA) is 73.0 Å². The zero-order valence-corrected chi connectivity index (χ0v) is 11.9. The quantitative estimate of drug-likeness (QED) is 0.534. The second-order valence-electron chi connectivity index (χ2n) is 4.52. The van der Waals surface area contributed by atoms with Gasteiger partial charge >= 0.3 is 5.82 Å². The Labute approximate surface area is 121 Å². The molecule has 0 saturated heterocycles. The fraction of sp³-hybridized carbons (Fsp3) is 0.231. The van der Waals surface area contributed by atoms with Crippen molar-refractivity contribution in [2.75, 3.05) is 5.32 Å². The molecule has 0 aliphatic heterocycles. The average molecular weight is 290 g/mol. The fourth-order valence-corrected chi connectivity index (χ4v) is 2.11. The maximum atomic E-state index is 11.1. The Balaban J connectivity index is 2.37. The molecule has 1 aromatic carbocycles. The molecule has 0 aliphatic rings. The predicted octanol–water partition coefficient (Wildman–Crippen LogP) is 3.16. The van der Waals surface area contributed by atoms with Crippen molar-refractivity contribution in [2.45, 2.75) is 19.8 Å². The molecule has 6 nitrogen and oxygen atoms in total. The van der Waals surface area contributed by atoms with E-state index < -0.39 is 4.92 Å². The van der Waals surface area contributed by atoms with Crippen molar-refractivity contribution >= 4 is 28.8 Å². The van der Waals surface area contributed by atoms with Gasteiger partial charge < -0.3 is 15.4 Å². The average Bonchev–Trinajstić information content (AvgIpc) is 2.84. The van der Waals surface area contributed by atoms with Gasteiger partial charge in [-0.05, 0) is 29.3 Å². The van der Waals surface area contributed by atoms with E-state index in [1.807, 2.05) is 44.2 Å². The molecule has 1 aromatic heterocycles. The third kappa shape index (κ3) is 2.83. The molecule has 2 aromatic rings. The lowest BCUT2D eigenvalue weighted by Gasteiger charge is -2.09. The monoisotopic (exact) mass is 290 g/mol. The second kappa shape index (κ2) is 5.79. The molecule has 0 aliphatic carbocycles. The van der Waals surface area contributed by atoms with E-state index in [1.165, 1.54) is 10.8 Å². The van der Waals surface area contributed by atoms with Gasteiger partial charge in [0.2, 0.25) is 5.82 Å². The highest BCUT2D eigenvalue weighted by molar-refractivity contribution is 7.80. The van der Waals surface area contributed by atoms with E-state index in [1.54, 1.807) is 0 Å². The van der Waals surface area contributed by atoms with E-state index in [-0.39, 0.29) is 16.8 Å². The molecule has 0 radical (unpaired) electrons. The summed E-state index contributed by atoms with van der Waals surface area (Å²) in [6, 6.07) is 9.27. The van der Waals surface area contributed by atoms with Crippen LogP contribution < -0.4 is 5.32 Å². The number of nitro groups is 1. The number of imidazole rings is 1. The van der Waals surface area contributed by atoms with Gasteiger partial charge in [0.05, 0.1) is 0 Å². The molecule has 0 amide bonds. The zero-order valence-electron chi connectivity index (χ0n) is 11.1. The Kier molecular flexibility index (Phi) is 4.09. The first-order valence-electron chi connectivity index (χ1n) is 6.09. The zero-order chi connectivity index (χ0) is 14.7. The molecule has 1 heterocycles. The van der Waals surface area contributed by atoms with Crippen molar-refractivity contribution in [3.63, 3.8) is 0 Å². The Hall–Kier alpha value is -2.28. The highest BCUT2D eigenvalue weighted by Crippen LogP contribution is 2.21. The predicted molar refractivity (Wildman–Crippen MR) is 81.0 cm³/mol. The highest BCUT2D eigenvalue weighted by Gasteiger charge is 2.26. The van der Waals surface area contributed by atoms with Crippen molar-refractivity contribution < 1.29 is 4.92 Å². The summed E-state index contributed by atoms with van der Waals surface area (Å²) >= 11 is 5.28. The minimum absolute atomic E-state index is 0.0271. The van der Waals surface area contributed by atoms with Crippen LogP contribution >= 0.6 is 12.2 Å². The lowest BCUT2D eigenvalue weighted by Crippen LogP contribution is -2.23. The molecule has 0 atom stereocenters. The lowest BCUT2D eigenvalue weighted by molar-refractivity contribution is -0.390. The van der Waals surface area contributed by atoms with Crippen LogP contribution in [0.5, 0.6) is 0 Å². The number of rotatable bonds is 3. The van der Waals surface area contributed by atoms with Crippen LogP contribution in [-0.4, -0.2) is 19.6 Å². The minimum atomic E-state index is -0.488. The lowest BCUT2D eigenvalue weighted by atomic mass is 10.2. The summed E-state index contributed by atoms with van der Waals surface area (Å²) in [6.45, 7) is 3.82. The molecule has 0 unspecified atom stereocenters. The van der Waals surface area contributed by atoms with Crippen molar-refractivity contribution in [2.24, 2.45) is 0 Å². The van der Waals surface area contributed by atoms with Gasteiger partial charge in [0.15, 0.2) is 0 Å². The van der Waals surface area contributed by atoms with Crippen LogP contribution in [0.2, 0.25) is 0 Å². The molecule has 20 heavy (non-hydrogen) atoms. The first-order valence-corrected chi connectivity index (χ1v) is 6.50. The Morgan fingerprint density at radius 2 is 2.05 bits per heavy atom. The first-order chi connectivity index (χ1) is 9.50. The smallest absolute Gasteiger partial charge is 0.349 e. The number of thiocarbonyl (C=S) groups is 1. The summed E-state index contributed by atoms with van der Waals surface area (Å²) in [4.78, 5) is 14.7. The Morgan fingerprint density at radius 3 is 2.60 bits per heavy atom. The van der Waals surface area contributed by atoms with Gasteiger partial charge in [-0.3, -0.25) is 0 Å². The number of aromatic nitrogens is 2. The van der Waals surface area contributed by atoms with Crippen LogP contribution in [0.1, 0.15) is 25.6 Å². The number of anilines is 1. The molecule has 2 rings (SSSR count). The number of hydrogen-bond donors (Lipinski definition) is 1. The van der Waals surface area contributed by atoms with Crippen molar-refractivity contribution in [3.8, 4) is 0 Å². The Bertz CT molecular complexity index is 637. The molecule has 0 bridgehead atoms. The van der Waals surface area contributed by atoms with Gasteiger partial charge in [0.1, 0.15) is 6.20 Å². The van der Waals surface area contributed by atoms with Gasteiger partial charge in [0.25, 0.3) is 5.11 Å². The van der Waals surface area contributed by atoms with Crippen LogP contribution in [0.25, 0.3) is 0 Å².